The number of aliphatic carboxylic acids is 1. The maximum absolute atomic E-state index is 12.6. The molecule has 0 saturated heterocycles. The number of allylic oxidation sites excluding steroid dienone is 1. The van der Waals surface area contributed by atoms with Gasteiger partial charge in [-0.1, -0.05) is 68.0 Å². The van der Waals surface area contributed by atoms with E-state index in [9.17, 15) is 19.5 Å². The van der Waals surface area contributed by atoms with Crippen molar-refractivity contribution >= 4 is 23.7 Å². The number of benzene rings is 2. The van der Waals surface area contributed by atoms with Crippen LogP contribution < -0.4 is 5.32 Å². The fourth-order valence-electron chi connectivity index (χ4n) is 3.26. The zero-order valence-corrected chi connectivity index (χ0v) is 18.9. The summed E-state index contributed by atoms with van der Waals surface area (Å²) in [5.74, 6) is -1.85. The number of hydrogen-bond donors (Lipinski definition) is 2. The van der Waals surface area contributed by atoms with Gasteiger partial charge in [0.1, 0.15) is 11.7 Å². The fourth-order valence-corrected chi connectivity index (χ4v) is 3.26. The number of rotatable bonds is 9. The number of nitrogens with zero attached hydrogens (tertiary/aromatic N) is 2. The summed E-state index contributed by atoms with van der Waals surface area (Å²) in [5.41, 5.74) is 3.24. The predicted molar refractivity (Wildman–Crippen MR) is 126 cm³/mol. The lowest BCUT2D eigenvalue weighted by molar-refractivity contribution is -0.140. The minimum absolute atomic E-state index is 0.127. The van der Waals surface area contributed by atoms with E-state index in [2.05, 4.69) is 10.4 Å². The lowest BCUT2D eigenvalue weighted by atomic mass is 10.0. The minimum atomic E-state index is -1.06. The quantitative estimate of drug-likeness (QED) is 0.485. The van der Waals surface area contributed by atoms with Crippen molar-refractivity contribution < 1.29 is 19.5 Å². The van der Waals surface area contributed by atoms with E-state index in [4.69, 9.17) is 0 Å². The molecule has 2 aromatic carbocycles. The summed E-state index contributed by atoms with van der Waals surface area (Å²) in [4.78, 5) is 36.4. The van der Waals surface area contributed by atoms with Crippen LogP contribution in [0.15, 0.2) is 66.9 Å². The molecule has 0 aliphatic carbocycles. The van der Waals surface area contributed by atoms with Gasteiger partial charge < -0.3 is 10.4 Å². The summed E-state index contributed by atoms with van der Waals surface area (Å²) in [5, 5.41) is 16.2. The van der Waals surface area contributed by atoms with E-state index in [-0.39, 0.29) is 11.7 Å². The fraction of sp³-hybridized carbons (Fsp3) is 0.231. The van der Waals surface area contributed by atoms with Crippen LogP contribution in [0, 0.1) is 12.8 Å². The Morgan fingerprint density at radius 3 is 2.45 bits per heavy atom. The van der Waals surface area contributed by atoms with Crippen molar-refractivity contribution in [2.75, 3.05) is 0 Å². The van der Waals surface area contributed by atoms with Crippen LogP contribution in [0.3, 0.4) is 0 Å². The topological polar surface area (TPSA) is 101 Å². The number of aromatic nitrogens is 2. The van der Waals surface area contributed by atoms with E-state index < -0.39 is 17.9 Å². The largest absolute Gasteiger partial charge is 0.480 e. The van der Waals surface area contributed by atoms with E-state index in [1.807, 2.05) is 37.3 Å². The molecule has 0 aliphatic rings. The van der Waals surface area contributed by atoms with Crippen LogP contribution in [-0.4, -0.2) is 38.6 Å². The molecule has 2 N–H and O–H groups in total. The van der Waals surface area contributed by atoms with Gasteiger partial charge in [-0.25, -0.2) is 4.79 Å². The third-order valence-corrected chi connectivity index (χ3v) is 5.16. The molecule has 3 aromatic rings. The van der Waals surface area contributed by atoms with Gasteiger partial charge in [0.15, 0.2) is 0 Å². The number of ketones is 1. The normalized spacial score (nSPS) is 12.1. The number of carbonyl (C=O) groups is 3. The molecule has 33 heavy (non-hydrogen) atoms. The number of carboxylic acid groups (broad SMARTS) is 1. The molecule has 1 heterocycles. The average Bonchev–Trinajstić information content (AvgIpc) is 3.26. The maximum Gasteiger partial charge on any atom is 0.326 e. The second-order valence-electron chi connectivity index (χ2n) is 8.18. The summed E-state index contributed by atoms with van der Waals surface area (Å²) < 4.78 is 1.66. The summed E-state index contributed by atoms with van der Waals surface area (Å²) in [6.07, 6.45) is 5.46. The van der Waals surface area contributed by atoms with Crippen molar-refractivity contribution in [3.63, 3.8) is 0 Å². The maximum atomic E-state index is 12.6. The highest BCUT2D eigenvalue weighted by atomic mass is 16.4. The molecule has 3 rings (SSSR count). The molecular formula is C26H27N3O4. The Bertz CT molecular complexity index is 1180. The number of amides is 1. The zero-order valence-electron chi connectivity index (χ0n) is 18.9. The van der Waals surface area contributed by atoms with E-state index in [1.165, 1.54) is 0 Å². The van der Waals surface area contributed by atoms with Crippen LogP contribution in [0.4, 0.5) is 0 Å². The van der Waals surface area contributed by atoms with Gasteiger partial charge in [-0.05, 0) is 36.6 Å². The molecule has 0 saturated carbocycles. The molecule has 7 heteroatoms. The highest BCUT2D eigenvalue weighted by Gasteiger charge is 2.23. The first-order valence-electron chi connectivity index (χ1n) is 10.7. The molecule has 1 atom stereocenters. The molecular weight excluding hydrogens is 418 g/mol. The lowest BCUT2D eigenvalue weighted by Gasteiger charge is -2.17. The SMILES string of the molecule is Cc1ccc(C(=O)c2ccn(C/C=C/c3cccc(C(=O)N[C@H](C(=O)O)C(C)C)c3)n2)cc1. The van der Waals surface area contributed by atoms with E-state index in [0.717, 1.165) is 11.1 Å². The van der Waals surface area contributed by atoms with E-state index in [0.29, 0.717) is 23.4 Å². The minimum Gasteiger partial charge on any atom is -0.480 e. The van der Waals surface area contributed by atoms with Gasteiger partial charge >= 0.3 is 5.97 Å². The molecule has 170 valence electrons. The molecule has 1 amide bonds. The Kier molecular flexibility index (Phi) is 7.56. The van der Waals surface area contributed by atoms with Crippen LogP contribution in [0.5, 0.6) is 0 Å². The Hall–Kier alpha value is -4.00. The van der Waals surface area contributed by atoms with Gasteiger partial charge in [0.2, 0.25) is 5.78 Å². The Balaban J connectivity index is 1.63. The molecule has 1 aromatic heterocycles. The molecule has 0 radical (unpaired) electrons. The predicted octanol–water partition coefficient (Wildman–Crippen LogP) is 3.97. The first-order valence-corrected chi connectivity index (χ1v) is 10.7. The first kappa shape index (κ1) is 23.7. The average molecular weight is 446 g/mol. The van der Waals surface area contributed by atoms with E-state index in [1.54, 1.807) is 61.1 Å². The Morgan fingerprint density at radius 2 is 1.79 bits per heavy atom. The van der Waals surface area contributed by atoms with Gasteiger partial charge in [0, 0.05) is 17.3 Å². The van der Waals surface area contributed by atoms with Gasteiger partial charge in [0.05, 0.1) is 6.54 Å². The summed E-state index contributed by atoms with van der Waals surface area (Å²) in [7, 11) is 0. The third-order valence-electron chi connectivity index (χ3n) is 5.16. The van der Waals surface area contributed by atoms with Crippen LogP contribution in [-0.2, 0) is 11.3 Å². The number of hydrogen-bond acceptors (Lipinski definition) is 4. The third kappa shape index (κ3) is 6.26. The van der Waals surface area contributed by atoms with Crippen LogP contribution in [0.1, 0.15) is 51.4 Å². The highest BCUT2D eigenvalue weighted by Crippen LogP contribution is 2.11. The molecule has 0 bridgehead atoms. The molecule has 0 aliphatic heterocycles. The Morgan fingerprint density at radius 1 is 1.06 bits per heavy atom. The standard InChI is InChI=1S/C26H27N3O4/c1-17(2)23(26(32)33)27-25(31)21-8-4-6-19(16-21)7-5-14-29-15-13-22(28-29)24(30)20-11-9-18(3)10-12-20/h4-13,15-17,23H,14H2,1-3H3,(H,27,31)(H,32,33)/b7-5+/t23-/m0/s1. The van der Waals surface area contributed by atoms with Gasteiger partial charge in [0.25, 0.3) is 5.91 Å². The van der Waals surface area contributed by atoms with Crippen molar-refractivity contribution in [2.24, 2.45) is 5.92 Å². The van der Waals surface area contributed by atoms with Gasteiger partial charge in [-0.15, -0.1) is 0 Å². The number of nitrogens with one attached hydrogen (secondary N) is 1. The second kappa shape index (κ2) is 10.5. The van der Waals surface area contributed by atoms with Crippen LogP contribution >= 0.6 is 0 Å². The second-order valence-corrected chi connectivity index (χ2v) is 8.18. The van der Waals surface area contributed by atoms with Crippen molar-refractivity contribution in [1.82, 2.24) is 15.1 Å². The van der Waals surface area contributed by atoms with Crippen molar-refractivity contribution in [3.8, 4) is 0 Å². The molecule has 0 spiro atoms. The van der Waals surface area contributed by atoms with Crippen LogP contribution in [0.25, 0.3) is 6.08 Å². The smallest absolute Gasteiger partial charge is 0.326 e. The Labute approximate surface area is 192 Å². The van der Waals surface area contributed by atoms with Crippen molar-refractivity contribution in [2.45, 2.75) is 33.4 Å². The molecule has 0 unspecified atom stereocenters. The summed E-state index contributed by atoms with van der Waals surface area (Å²) >= 11 is 0. The summed E-state index contributed by atoms with van der Waals surface area (Å²) in [6.45, 7) is 5.91. The first-order chi connectivity index (χ1) is 15.7. The van der Waals surface area contributed by atoms with Gasteiger partial charge in [-0.3, -0.25) is 14.3 Å². The molecule has 7 nitrogen and oxygen atoms in total. The number of aryl methyl sites for hydroxylation is 1. The highest BCUT2D eigenvalue weighted by molar-refractivity contribution is 6.07. The number of carboxylic acids is 1. The van der Waals surface area contributed by atoms with Gasteiger partial charge in [-0.2, -0.15) is 5.10 Å². The zero-order chi connectivity index (χ0) is 24.0. The number of carbonyl (C=O) groups excluding carboxylic acids is 2. The molecule has 0 fully saturated rings. The van der Waals surface area contributed by atoms with Crippen molar-refractivity contribution in [3.05, 3.63) is 94.8 Å². The van der Waals surface area contributed by atoms with Crippen LogP contribution in [0.2, 0.25) is 0 Å². The van der Waals surface area contributed by atoms with E-state index >= 15 is 0 Å². The monoisotopic (exact) mass is 445 g/mol. The summed E-state index contributed by atoms with van der Waals surface area (Å²) in [6, 6.07) is 15.0. The van der Waals surface area contributed by atoms with Crippen molar-refractivity contribution in [1.29, 1.82) is 0 Å². The lowest BCUT2D eigenvalue weighted by Crippen LogP contribution is -2.44.